The lowest BCUT2D eigenvalue weighted by atomic mass is 9.73. The summed E-state index contributed by atoms with van der Waals surface area (Å²) in [5.74, 6) is -0.413. The molecule has 1 aliphatic heterocycles. The van der Waals surface area contributed by atoms with Gasteiger partial charge in [-0.25, -0.2) is 4.39 Å². The molecule has 0 radical (unpaired) electrons. The number of piperidine rings is 1. The fourth-order valence-electron chi connectivity index (χ4n) is 6.37. The standard InChI is InChI=1S/C36H48F4N2O/c1-2-3-4-5-6-7-8-9-10-11-22-35(28-41,31-14-12-15-32(27-31)36(38,39)40)23-13-24-42-25-20-30(21-26-42)34(43)29-16-18-33(37)19-17-29/h12,14-19,27,30H,2-11,13,20-26H2,1H3. The molecule has 1 heterocycles. The van der Waals surface area contributed by atoms with E-state index in [-0.39, 0.29) is 17.5 Å². The van der Waals surface area contributed by atoms with Crippen LogP contribution >= 0.6 is 0 Å². The zero-order valence-corrected chi connectivity index (χ0v) is 25.7. The maximum Gasteiger partial charge on any atom is 0.416 e. The van der Waals surface area contributed by atoms with Crippen LogP contribution < -0.4 is 0 Å². The molecule has 1 saturated heterocycles. The summed E-state index contributed by atoms with van der Waals surface area (Å²) in [6, 6.07) is 13.5. The van der Waals surface area contributed by atoms with E-state index in [0.29, 0.717) is 43.2 Å². The van der Waals surface area contributed by atoms with Crippen LogP contribution in [0.4, 0.5) is 17.6 Å². The van der Waals surface area contributed by atoms with Crippen molar-refractivity contribution in [3.63, 3.8) is 0 Å². The van der Waals surface area contributed by atoms with Crippen LogP contribution in [0.3, 0.4) is 0 Å². The second-order valence-electron chi connectivity index (χ2n) is 12.3. The Balaban J connectivity index is 1.54. The number of rotatable bonds is 18. The topological polar surface area (TPSA) is 44.1 Å². The van der Waals surface area contributed by atoms with Crippen LogP contribution in [0.1, 0.15) is 125 Å². The third-order valence-corrected chi connectivity index (χ3v) is 9.08. The number of halogens is 4. The molecule has 2 aromatic rings. The average Bonchev–Trinajstić information content (AvgIpc) is 3.01. The molecule has 3 rings (SSSR count). The number of nitrogens with zero attached hydrogens (tertiary/aromatic N) is 2. The highest BCUT2D eigenvalue weighted by molar-refractivity contribution is 5.97. The molecule has 0 bridgehead atoms. The quantitative estimate of drug-likeness (QED) is 0.0971. The molecule has 43 heavy (non-hydrogen) atoms. The van der Waals surface area contributed by atoms with E-state index in [4.69, 9.17) is 0 Å². The second-order valence-corrected chi connectivity index (χ2v) is 12.3. The number of hydrogen-bond acceptors (Lipinski definition) is 3. The minimum atomic E-state index is -4.45. The highest BCUT2D eigenvalue weighted by Crippen LogP contribution is 2.38. The van der Waals surface area contributed by atoms with Crippen LogP contribution in [0.5, 0.6) is 0 Å². The lowest BCUT2D eigenvalue weighted by molar-refractivity contribution is -0.137. The zero-order valence-electron chi connectivity index (χ0n) is 25.7. The zero-order chi connectivity index (χ0) is 31.1. The van der Waals surface area contributed by atoms with Gasteiger partial charge in [0, 0.05) is 11.5 Å². The highest BCUT2D eigenvalue weighted by Gasteiger charge is 2.36. The van der Waals surface area contributed by atoms with E-state index >= 15 is 0 Å². The van der Waals surface area contributed by atoms with Crippen LogP contribution in [0.25, 0.3) is 0 Å². The van der Waals surface area contributed by atoms with Crippen molar-refractivity contribution in [3.05, 3.63) is 71.0 Å². The summed E-state index contributed by atoms with van der Waals surface area (Å²) < 4.78 is 53.9. The number of ketones is 1. The van der Waals surface area contributed by atoms with E-state index in [1.165, 1.54) is 74.9 Å². The Morgan fingerprint density at radius 3 is 1.98 bits per heavy atom. The van der Waals surface area contributed by atoms with Crippen molar-refractivity contribution in [1.29, 1.82) is 5.26 Å². The summed E-state index contributed by atoms with van der Waals surface area (Å²) in [4.78, 5) is 15.1. The number of nitriles is 1. The first-order valence-electron chi connectivity index (χ1n) is 16.3. The Bertz CT molecular complexity index is 1150. The molecule has 0 aromatic heterocycles. The maximum absolute atomic E-state index is 13.6. The number of carbonyl (C=O) groups excluding carboxylic acids is 1. The summed E-state index contributed by atoms with van der Waals surface area (Å²) in [5.41, 5.74) is -0.671. The average molecular weight is 601 g/mol. The molecule has 0 aliphatic carbocycles. The molecule has 236 valence electrons. The lowest BCUT2D eigenvalue weighted by Gasteiger charge is -2.33. The Labute approximate surface area is 255 Å². The Hall–Kier alpha value is -2.72. The van der Waals surface area contributed by atoms with Crippen molar-refractivity contribution in [1.82, 2.24) is 4.90 Å². The van der Waals surface area contributed by atoms with Crippen molar-refractivity contribution in [2.45, 2.75) is 115 Å². The van der Waals surface area contributed by atoms with Crippen LogP contribution in [-0.4, -0.2) is 30.3 Å². The predicted molar refractivity (Wildman–Crippen MR) is 164 cm³/mol. The number of likely N-dealkylation sites (tertiary alicyclic amines) is 1. The molecular formula is C36H48F4N2O. The largest absolute Gasteiger partial charge is 0.416 e. The summed E-state index contributed by atoms with van der Waals surface area (Å²) in [6.45, 7) is 4.45. The van der Waals surface area contributed by atoms with Crippen molar-refractivity contribution < 1.29 is 22.4 Å². The van der Waals surface area contributed by atoms with Crippen LogP contribution in [0.2, 0.25) is 0 Å². The lowest BCUT2D eigenvalue weighted by Crippen LogP contribution is -2.37. The van der Waals surface area contributed by atoms with Gasteiger partial charge in [0.15, 0.2) is 5.78 Å². The van der Waals surface area contributed by atoms with E-state index in [1.54, 1.807) is 6.07 Å². The molecule has 0 saturated carbocycles. The van der Waals surface area contributed by atoms with Gasteiger partial charge in [0.1, 0.15) is 5.82 Å². The van der Waals surface area contributed by atoms with E-state index < -0.39 is 17.2 Å². The third-order valence-electron chi connectivity index (χ3n) is 9.08. The normalized spacial score (nSPS) is 16.1. The second kappa shape index (κ2) is 17.5. The Kier molecular flexibility index (Phi) is 14.2. The molecule has 1 unspecified atom stereocenters. The van der Waals surface area contributed by atoms with Crippen molar-refractivity contribution in [2.24, 2.45) is 5.92 Å². The summed E-state index contributed by atoms with van der Waals surface area (Å²) >= 11 is 0. The van der Waals surface area contributed by atoms with Crippen molar-refractivity contribution in [3.8, 4) is 6.07 Å². The number of Topliss-reactive ketones (excluding diaryl/α,β-unsaturated/α-hetero) is 1. The first-order chi connectivity index (χ1) is 20.7. The van der Waals surface area contributed by atoms with E-state index in [2.05, 4.69) is 17.9 Å². The van der Waals surface area contributed by atoms with Crippen LogP contribution in [0.15, 0.2) is 48.5 Å². The van der Waals surface area contributed by atoms with Gasteiger partial charge in [0.2, 0.25) is 0 Å². The number of alkyl halides is 3. The predicted octanol–water partition coefficient (Wildman–Crippen LogP) is 10.3. The maximum atomic E-state index is 13.6. The molecule has 2 aromatic carbocycles. The molecule has 7 heteroatoms. The fraction of sp³-hybridized carbons (Fsp3) is 0.611. The summed E-state index contributed by atoms with van der Waals surface area (Å²) in [6.07, 6.45) is 10.3. The number of unbranched alkanes of at least 4 members (excludes halogenated alkanes) is 9. The molecule has 1 atom stereocenters. The summed E-state index contributed by atoms with van der Waals surface area (Å²) in [5, 5.41) is 10.4. The molecular weight excluding hydrogens is 552 g/mol. The van der Waals surface area contributed by atoms with Gasteiger partial charge in [-0.15, -0.1) is 0 Å². The Morgan fingerprint density at radius 2 is 1.40 bits per heavy atom. The van der Waals surface area contributed by atoms with Gasteiger partial charge < -0.3 is 4.90 Å². The molecule has 0 N–H and O–H groups in total. The van der Waals surface area contributed by atoms with Crippen molar-refractivity contribution in [2.75, 3.05) is 19.6 Å². The monoisotopic (exact) mass is 600 g/mol. The van der Waals surface area contributed by atoms with Crippen LogP contribution in [0, 0.1) is 23.1 Å². The minimum absolute atomic E-state index is 0.0455. The first kappa shape index (κ1) is 34.8. The first-order valence-corrected chi connectivity index (χ1v) is 16.3. The fourth-order valence-corrected chi connectivity index (χ4v) is 6.37. The molecule has 0 amide bonds. The highest BCUT2D eigenvalue weighted by atomic mass is 19.4. The molecule has 1 fully saturated rings. The van der Waals surface area contributed by atoms with Gasteiger partial charge in [-0.2, -0.15) is 18.4 Å². The molecule has 0 spiro atoms. The van der Waals surface area contributed by atoms with Gasteiger partial charge >= 0.3 is 6.18 Å². The van der Waals surface area contributed by atoms with Gasteiger partial charge in [0.05, 0.1) is 17.0 Å². The van der Waals surface area contributed by atoms with Gasteiger partial charge in [0.25, 0.3) is 0 Å². The van der Waals surface area contributed by atoms with E-state index in [1.807, 2.05) is 0 Å². The van der Waals surface area contributed by atoms with E-state index in [0.717, 1.165) is 51.4 Å². The number of carbonyl (C=O) groups is 1. The minimum Gasteiger partial charge on any atom is -0.303 e. The van der Waals surface area contributed by atoms with Gasteiger partial charge in [-0.1, -0.05) is 89.3 Å². The van der Waals surface area contributed by atoms with E-state index in [9.17, 15) is 27.6 Å². The molecule has 3 nitrogen and oxygen atoms in total. The molecule has 1 aliphatic rings. The number of hydrogen-bond donors (Lipinski definition) is 0. The van der Waals surface area contributed by atoms with Crippen LogP contribution in [-0.2, 0) is 11.6 Å². The van der Waals surface area contributed by atoms with Gasteiger partial charge in [-0.3, -0.25) is 4.79 Å². The van der Waals surface area contributed by atoms with Crippen molar-refractivity contribution >= 4 is 5.78 Å². The Morgan fingerprint density at radius 1 is 0.837 bits per heavy atom. The summed E-state index contributed by atoms with van der Waals surface area (Å²) in [7, 11) is 0. The number of benzene rings is 2. The SMILES string of the molecule is CCCCCCCCCCCCC(C#N)(CCCN1CCC(C(=O)c2ccc(F)cc2)CC1)c1cccc(C(F)(F)F)c1. The van der Waals surface area contributed by atoms with Gasteiger partial charge in [-0.05, 0) is 87.6 Å². The smallest absolute Gasteiger partial charge is 0.303 e. The third kappa shape index (κ3) is 11.1.